The summed E-state index contributed by atoms with van der Waals surface area (Å²) < 4.78 is 18.6. The summed E-state index contributed by atoms with van der Waals surface area (Å²) >= 11 is 5.65. The number of ether oxygens (including phenoxy) is 1. The van der Waals surface area contributed by atoms with Crippen LogP contribution in [0.1, 0.15) is 23.2 Å². The Morgan fingerprint density at radius 2 is 2.04 bits per heavy atom. The maximum atomic E-state index is 13.7. The molecule has 0 unspecified atom stereocenters. The molecule has 27 heavy (non-hydrogen) atoms. The van der Waals surface area contributed by atoms with Crippen LogP contribution in [0, 0.1) is 5.82 Å². The number of nitrogens with zero attached hydrogens (tertiary/aromatic N) is 1. The summed E-state index contributed by atoms with van der Waals surface area (Å²) in [4.78, 5) is 37.4. The first-order valence-electron chi connectivity index (χ1n) is 8.26. The number of carbonyl (C=O) groups is 3. The highest BCUT2D eigenvalue weighted by atomic mass is 35.5. The Morgan fingerprint density at radius 3 is 2.74 bits per heavy atom. The first-order chi connectivity index (χ1) is 12.9. The van der Waals surface area contributed by atoms with Crippen LogP contribution >= 0.6 is 11.6 Å². The molecule has 2 aromatic rings. The van der Waals surface area contributed by atoms with Gasteiger partial charge >= 0.3 is 5.97 Å². The molecule has 1 saturated heterocycles. The van der Waals surface area contributed by atoms with E-state index in [2.05, 4.69) is 5.32 Å². The fourth-order valence-corrected chi connectivity index (χ4v) is 2.87. The summed E-state index contributed by atoms with van der Waals surface area (Å²) in [7, 11) is 0. The van der Waals surface area contributed by atoms with Crippen LogP contribution in [0.5, 0.6) is 0 Å². The lowest BCUT2D eigenvalue weighted by Gasteiger charge is -2.16. The molecule has 1 heterocycles. The standard InChI is InChI=1S/C19H16ClFN2O4/c20-13-6-7-16(15(21)10-13)22-17(24)11-27-19(26)12-3-1-4-14(9-12)23-8-2-5-18(23)25/h1,3-4,6-7,9-10H,2,5,8,11H2,(H,22,24). The molecule has 2 amide bonds. The Balaban J connectivity index is 1.59. The van der Waals surface area contributed by atoms with E-state index in [0.717, 1.165) is 12.5 Å². The largest absolute Gasteiger partial charge is 0.452 e. The van der Waals surface area contributed by atoms with Gasteiger partial charge in [-0.05, 0) is 42.8 Å². The van der Waals surface area contributed by atoms with Crippen molar-refractivity contribution in [3.63, 3.8) is 0 Å². The van der Waals surface area contributed by atoms with E-state index in [9.17, 15) is 18.8 Å². The van der Waals surface area contributed by atoms with E-state index in [0.29, 0.717) is 18.7 Å². The van der Waals surface area contributed by atoms with Gasteiger partial charge < -0.3 is 15.0 Å². The third-order valence-corrected chi connectivity index (χ3v) is 4.24. The minimum Gasteiger partial charge on any atom is -0.452 e. The fourth-order valence-electron chi connectivity index (χ4n) is 2.71. The molecule has 1 aliphatic heterocycles. The smallest absolute Gasteiger partial charge is 0.338 e. The monoisotopic (exact) mass is 390 g/mol. The van der Waals surface area contributed by atoms with Crippen LogP contribution in [-0.4, -0.2) is 30.9 Å². The minimum atomic E-state index is -0.713. The first kappa shape index (κ1) is 18.8. The Morgan fingerprint density at radius 1 is 1.22 bits per heavy atom. The zero-order chi connectivity index (χ0) is 19.4. The number of amides is 2. The van der Waals surface area contributed by atoms with Gasteiger partial charge in [0.05, 0.1) is 11.3 Å². The quantitative estimate of drug-likeness (QED) is 0.794. The Labute approximate surface area is 159 Å². The number of esters is 1. The molecule has 0 saturated carbocycles. The lowest BCUT2D eigenvalue weighted by Crippen LogP contribution is -2.24. The molecular formula is C19H16ClFN2O4. The van der Waals surface area contributed by atoms with Gasteiger partial charge in [0.15, 0.2) is 6.61 Å². The lowest BCUT2D eigenvalue weighted by atomic mass is 10.2. The van der Waals surface area contributed by atoms with Crippen LogP contribution < -0.4 is 10.2 Å². The van der Waals surface area contributed by atoms with Gasteiger partial charge in [0.25, 0.3) is 5.91 Å². The van der Waals surface area contributed by atoms with E-state index >= 15 is 0 Å². The van der Waals surface area contributed by atoms with Gasteiger partial charge in [0.2, 0.25) is 5.91 Å². The number of hydrogen-bond donors (Lipinski definition) is 1. The molecule has 0 radical (unpaired) electrons. The zero-order valence-electron chi connectivity index (χ0n) is 14.2. The SMILES string of the molecule is O=C(COC(=O)c1cccc(N2CCCC2=O)c1)Nc1ccc(Cl)cc1F. The normalized spacial score (nSPS) is 13.6. The van der Waals surface area contributed by atoms with Crippen molar-refractivity contribution in [3.8, 4) is 0 Å². The summed E-state index contributed by atoms with van der Waals surface area (Å²) in [6.07, 6.45) is 1.25. The van der Waals surface area contributed by atoms with E-state index in [-0.39, 0.29) is 22.2 Å². The van der Waals surface area contributed by atoms with E-state index in [4.69, 9.17) is 16.3 Å². The van der Waals surface area contributed by atoms with Gasteiger partial charge in [-0.3, -0.25) is 9.59 Å². The second-order valence-corrected chi connectivity index (χ2v) is 6.38. The van der Waals surface area contributed by atoms with Crippen molar-refractivity contribution in [2.45, 2.75) is 12.8 Å². The Hall–Kier alpha value is -2.93. The molecule has 0 aliphatic carbocycles. The molecule has 0 bridgehead atoms. The molecule has 140 valence electrons. The van der Waals surface area contributed by atoms with Gasteiger partial charge in [-0.25, -0.2) is 9.18 Å². The minimum absolute atomic E-state index is 0.00452. The highest BCUT2D eigenvalue weighted by Crippen LogP contribution is 2.23. The van der Waals surface area contributed by atoms with Gasteiger partial charge in [-0.1, -0.05) is 17.7 Å². The number of hydrogen-bond acceptors (Lipinski definition) is 4. The molecule has 1 aliphatic rings. The summed E-state index contributed by atoms with van der Waals surface area (Å²) in [6.45, 7) is 0.0279. The molecule has 2 aromatic carbocycles. The van der Waals surface area contributed by atoms with Gasteiger partial charge in [-0.15, -0.1) is 0 Å². The molecule has 0 spiro atoms. The van der Waals surface area contributed by atoms with Crippen molar-refractivity contribution < 1.29 is 23.5 Å². The Kier molecular flexibility index (Phi) is 5.71. The van der Waals surface area contributed by atoms with Crippen LogP contribution in [0.15, 0.2) is 42.5 Å². The predicted octanol–water partition coefficient (Wildman–Crippen LogP) is 3.40. The van der Waals surface area contributed by atoms with Crippen molar-refractivity contribution in [2.75, 3.05) is 23.4 Å². The van der Waals surface area contributed by atoms with Gasteiger partial charge in [-0.2, -0.15) is 0 Å². The number of benzene rings is 2. The molecule has 0 atom stereocenters. The van der Waals surface area contributed by atoms with E-state index in [1.807, 2.05) is 0 Å². The predicted molar refractivity (Wildman–Crippen MR) is 98.4 cm³/mol. The first-order valence-corrected chi connectivity index (χ1v) is 8.64. The molecule has 1 fully saturated rings. The average Bonchev–Trinajstić information content (AvgIpc) is 3.08. The Bertz CT molecular complexity index is 903. The van der Waals surface area contributed by atoms with Crippen LogP contribution in [-0.2, 0) is 14.3 Å². The second kappa shape index (κ2) is 8.18. The van der Waals surface area contributed by atoms with Crippen LogP contribution in [0.4, 0.5) is 15.8 Å². The highest BCUT2D eigenvalue weighted by molar-refractivity contribution is 6.30. The highest BCUT2D eigenvalue weighted by Gasteiger charge is 2.22. The number of halogens is 2. The lowest BCUT2D eigenvalue weighted by molar-refractivity contribution is -0.119. The van der Waals surface area contributed by atoms with Gasteiger partial charge in [0, 0.05) is 23.7 Å². The summed E-state index contributed by atoms with van der Waals surface area (Å²) in [6, 6.07) is 10.3. The summed E-state index contributed by atoms with van der Waals surface area (Å²) in [5, 5.41) is 2.51. The number of rotatable bonds is 5. The average molecular weight is 391 g/mol. The molecule has 1 N–H and O–H groups in total. The van der Waals surface area contributed by atoms with E-state index in [1.54, 1.807) is 23.1 Å². The van der Waals surface area contributed by atoms with Crippen molar-refractivity contribution in [1.29, 1.82) is 0 Å². The van der Waals surface area contributed by atoms with Gasteiger partial charge in [0.1, 0.15) is 5.82 Å². The van der Waals surface area contributed by atoms with Crippen LogP contribution in [0.25, 0.3) is 0 Å². The molecule has 0 aromatic heterocycles. The molecular weight excluding hydrogens is 375 g/mol. The van der Waals surface area contributed by atoms with Crippen molar-refractivity contribution in [1.82, 2.24) is 0 Å². The van der Waals surface area contributed by atoms with Crippen LogP contribution in [0.2, 0.25) is 5.02 Å². The van der Waals surface area contributed by atoms with E-state index < -0.39 is 24.3 Å². The van der Waals surface area contributed by atoms with Crippen molar-refractivity contribution >= 4 is 40.8 Å². The fraction of sp³-hybridized carbons (Fsp3) is 0.211. The topological polar surface area (TPSA) is 75.7 Å². The number of anilines is 2. The van der Waals surface area contributed by atoms with Crippen molar-refractivity contribution in [2.24, 2.45) is 0 Å². The molecule has 6 nitrogen and oxygen atoms in total. The summed E-state index contributed by atoms with van der Waals surface area (Å²) in [5.41, 5.74) is 0.771. The third kappa shape index (κ3) is 4.62. The second-order valence-electron chi connectivity index (χ2n) is 5.95. The number of carbonyl (C=O) groups excluding carboxylic acids is 3. The summed E-state index contributed by atoms with van der Waals surface area (Å²) in [5.74, 6) is -2.08. The van der Waals surface area contributed by atoms with Crippen molar-refractivity contribution in [3.05, 3.63) is 58.9 Å². The maximum absolute atomic E-state index is 13.7. The zero-order valence-corrected chi connectivity index (χ0v) is 15.0. The maximum Gasteiger partial charge on any atom is 0.338 e. The van der Waals surface area contributed by atoms with Crippen LogP contribution in [0.3, 0.4) is 0 Å². The third-order valence-electron chi connectivity index (χ3n) is 4.01. The molecule has 8 heteroatoms. The van der Waals surface area contributed by atoms with E-state index in [1.165, 1.54) is 18.2 Å². The number of nitrogens with one attached hydrogen (secondary N) is 1. The molecule has 3 rings (SSSR count).